The van der Waals surface area contributed by atoms with Crippen LogP contribution in [0.15, 0.2) is 24.3 Å². The van der Waals surface area contributed by atoms with E-state index >= 15 is 0 Å². The summed E-state index contributed by atoms with van der Waals surface area (Å²) in [5.41, 5.74) is 1.20. The second-order valence-corrected chi connectivity index (χ2v) is 4.40. The highest BCUT2D eigenvalue weighted by molar-refractivity contribution is 6.31. The second kappa shape index (κ2) is 5.38. The molecule has 0 aliphatic rings. The van der Waals surface area contributed by atoms with Crippen molar-refractivity contribution in [2.75, 3.05) is 7.05 Å². The molecule has 2 heteroatoms. The van der Waals surface area contributed by atoms with Crippen LogP contribution in [0, 0.1) is 5.92 Å². The molecule has 0 heterocycles. The van der Waals surface area contributed by atoms with E-state index in [1.165, 1.54) is 5.56 Å². The maximum absolute atomic E-state index is 6.14. The topological polar surface area (TPSA) is 12.0 Å². The lowest BCUT2D eigenvalue weighted by Gasteiger charge is -2.19. The van der Waals surface area contributed by atoms with Gasteiger partial charge in [-0.3, -0.25) is 0 Å². The van der Waals surface area contributed by atoms with Crippen molar-refractivity contribution in [3.63, 3.8) is 0 Å². The summed E-state index contributed by atoms with van der Waals surface area (Å²) in [4.78, 5) is 0. The van der Waals surface area contributed by atoms with Crippen LogP contribution in [0.2, 0.25) is 5.02 Å². The Morgan fingerprint density at radius 1 is 1.29 bits per heavy atom. The van der Waals surface area contributed by atoms with Crippen LogP contribution < -0.4 is 5.32 Å². The molecule has 1 unspecified atom stereocenters. The largest absolute Gasteiger partial charge is 0.313 e. The third-order valence-electron chi connectivity index (χ3n) is 2.34. The van der Waals surface area contributed by atoms with Gasteiger partial charge in [0, 0.05) is 11.1 Å². The predicted octanol–water partition coefficient (Wildman–Crippen LogP) is 3.65. The Bertz CT molecular complexity index is 283. The van der Waals surface area contributed by atoms with E-state index in [1.807, 2.05) is 25.2 Å². The molecular weight excluding hydrogens is 194 g/mol. The summed E-state index contributed by atoms with van der Waals surface area (Å²) in [6.45, 7) is 4.45. The first-order valence-electron chi connectivity index (χ1n) is 5.06. The minimum atomic E-state index is 0.365. The molecule has 1 atom stereocenters. The molecule has 1 aromatic rings. The molecule has 1 rings (SSSR count). The summed E-state index contributed by atoms with van der Waals surface area (Å²) in [6.07, 6.45) is 1.11. The van der Waals surface area contributed by atoms with Crippen molar-refractivity contribution in [3.8, 4) is 0 Å². The highest BCUT2D eigenvalue weighted by Crippen LogP contribution is 2.26. The molecule has 0 bridgehead atoms. The molecule has 1 N–H and O–H groups in total. The van der Waals surface area contributed by atoms with Crippen LogP contribution in [-0.4, -0.2) is 7.05 Å². The van der Waals surface area contributed by atoms with E-state index in [1.54, 1.807) is 0 Å². The van der Waals surface area contributed by atoms with Gasteiger partial charge in [-0.2, -0.15) is 0 Å². The van der Waals surface area contributed by atoms with Crippen molar-refractivity contribution in [1.82, 2.24) is 5.32 Å². The van der Waals surface area contributed by atoms with E-state index < -0.39 is 0 Å². The molecule has 0 aliphatic carbocycles. The molecular formula is C12H18ClN. The lowest BCUT2D eigenvalue weighted by molar-refractivity contribution is 0.457. The number of rotatable bonds is 4. The summed E-state index contributed by atoms with van der Waals surface area (Å²) < 4.78 is 0. The van der Waals surface area contributed by atoms with Gasteiger partial charge in [0.25, 0.3) is 0 Å². The minimum absolute atomic E-state index is 0.365. The van der Waals surface area contributed by atoms with Crippen molar-refractivity contribution in [2.45, 2.75) is 26.3 Å². The number of hydrogen-bond donors (Lipinski definition) is 1. The normalized spacial score (nSPS) is 13.2. The average Bonchev–Trinajstić information content (AvgIpc) is 2.15. The molecule has 0 amide bonds. The van der Waals surface area contributed by atoms with E-state index in [9.17, 15) is 0 Å². The molecule has 1 nitrogen and oxygen atoms in total. The SMILES string of the molecule is CNC(CC(C)C)c1ccccc1Cl. The van der Waals surface area contributed by atoms with Gasteiger partial charge in [0.05, 0.1) is 0 Å². The van der Waals surface area contributed by atoms with E-state index in [2.05, 4.69) is 25.2 Å². The van der Waals surface area contributed by atoms with Gasteiger partial charge in [-0.15, -0.1) is 0 Å². The Hall–Kier alpha value is -0.530. The molecule has 0 spiro atoms. The third kappa shape index (κ3) is 3.00. The zero-order chi connectivity index (χ0) is 10.6. The summed E-state index contributed by atoms with van der Waals surface area (Å²) >= 11 is 6.14. The number of benzene rings is 1. The third-order valence-corrected chi connectivity index (χ3v) is 2.68. The Balaban J connectivity index is 2.83. The molecule has 1 aromatic carbocycles. The van der Waals surface area contributed by atoms with Crippen LogP contribution in [0.25, 0.3) is 0 Å². The van der Waals surface area contributed by atoms with Gasteiger partial charge in [-0.05, 0) is 31.0 Å². The Morgan fingerprint density at radius 3 is 2.43 bits per heavy atom. The molecule has 0 fully saturated rings. The average molecular weight is 212 g/mol. The Labute approximate surface area is 91.5 Å². The van der Waals surface area contributed by atoms with Crippen LogP contribution in [0.1, 0.15) is 31.9 Å². The van der Waals surface area contributed by atoms with Crippen LogP contribution in [0.5, 0.6) is 0 Å². The van der Waals surface area contributed by atoms with Crippen molar-refractivity contribution < 1.29 is 0 Å². The number of halogens is 1. The second-order valence-electron chi connectivity index (χ2n) is 3.99. The fourth-order valence-corrected chi connectivity index (χ4v) is 1.90. The van der Waals surface area contributed by atoms with Crippen LogP contribution in [0.4, 0.5) is 0 Å². The molecule has 0 saturated carbocycles. The van der Waals surface area contributed by atoms with Gasteiger partial charge in [-0.25, -0.2) is 0 Å². The molecule has 0 saturated heterocycles. The maximum Gasteiger partial charge on any atom is 0.0453 e. The number of nitrogens with one attached hydrogen (secondary N) is 1. The van der Waals surface area contributed by atoms with Crippen molar-refractivity contribution >= 4 is 11.6 Å². The lowest BCUT2D eigenvalue weighted by Crippen LogP contribution is -2.18. The molecule has 14 heavy (non-hydrogen) atoms. The Kier molecular flexibility index (Phi) is 4.43. The predicted molar refractivity (Wildman–Crippen MR) is 62.7 cm³/mol. The summed E-state index contributed by atoms with van der Waals surface area (Å²) in [5, 5.41) is 4.16. The smallest absolute Gasteiger partial charge is 0.0453 e. The molecule has 0 aromatic heterocycles. The first kappa shape index (κ1) is 11.5. The molecule has 0 aliphatic heterocycles. The first-order chi connectivity index (χ1) is 6.65. The zero-order valence-electron chi connectivity index (χ0n) is 9.05. The Morgan fingerprint density at radius 2 is 1.93 bits per heavy atom. The highest BCUT2D eigenvalue weighted by atomic mass is 35.5. The highest BCUT2D eigenvalue weighted by Gasteiger charge is 2.13. The van der Waals surface area contributed by atoms with E-state index in [0.29, 0.717) is 12.0 Å². The standard InChI is InChI=1S/C12H18ClN/c1-9(2)8-12(14-3)10-6-4-5-7-11(10)13/h4-7,9,12,14H,8H2,1-3H3. The fourth-order valence-electron chi connectivity index (χ4n) is 1.63. The van der Waals surface area contributed by atoms with E-state index in [-0.39, 0.29) is 0 Å². The zero-order valence-corrected chi connectivity index (χ0v) is 9.81. The van der Waals surface area contributed by atoms with Crippen LogP contribution >= 0.6 is 11.6 Å². The maximum atomic E-state index is 6.14. The van der Waals surface area contributed by atoms with Gasteiger partial charge in [-0.1, -0.05) is 43.6 Å². The van der Waals surface area contributed by atoms with E-state index in [4.69, 9.17) is 11.6 Å². The summed E-state index contributed by atoms with van der Waals surface area (Å²) in [7, 11) is 1.98. The van der Waals surface area contributed by atoms with Gasteiger partial charge in [0.1, 0.15) is 0 Å². The minimum Gasteiger partial charge on any atom is -0.313 e. The van der Waals surface area contributed by atoms with Crippen molar-refractivity contribution in [3.05, 3.63) is 34.9 Å². The van der Waals surface area contributed by atoms with Gasteiger partial charge < -0.3 is 5.32 Å². The summed E-state index contributed by atoms with van der Waals surface area (Å²) in [6, 6.07) is 8.40. The van der Waals surface area contributed by atoms with Crippen molar-refractivity contribution in [1.29, 1.82) is 0 Å². The summed E-state index contributed by atoms with van der Waals surface area (Å²) in [5.74, 6) is 0.670. The molecule has 78 valence electrons. The van der Waals surface area contributed by atoms with Crippen LogP contribution in [-0.2, 0) is 0 Å². The fraction of sp³-hybridized carbons (Fsp3) is 0.500. The van der Waals surface area contributed by atoms with E-state index in [0.717, 1.165) is 11.4 Å². The first-order valence-corrected chi connectivity index (χ1v) is 5.44. The van der Waals surface area contributed by atoms with Gasteiger partial charge in [0.15, 0.2) is 0 Å². The van der Waals surface area contributed by atoms with Crippen molar-refractivity contribution in [2.24, 2.45) is 5.92 Å². The van der Waals surface area contributed by atoms with Gasteiger partial charge >= 0.3 is 0 Å². The molecule has 0 radical (unpaired) electrons. The lowest BCUT2D eigenvalue weighted by atomic mass is 9.97. The van der Waals surface area contributed by atoms with Gasteiger partial charge in [0.2, 0.25) is 0 Å². The van der Waals surface area contributed by atoms with Crippen LogP contribution in [0.3, 0.4) is 0 Å². The monoisotopic (exact) mass is 211 g/mol. The quantitative estimate of drug-likeness (QED) is 0.802. The number of hydrogen-bond acceptors (Lipinski definition) is 1.